The summed E-state index contributed by atoms with van der Waals surface area (Å²) in [7, 11) is 0. The predicted molar refractivity (Wildman–Crippen MR) is 70.1 cm³/mol. The molecule has 3 rings (SSSR count). The second-order valence-electron chi connectivity index (χ2n) is 4.76. The summed E-state index contributed by atoms with van der Waals surface area (Å²) in [5, 5.41) is 4.00. The third kappa shape index (κ3) is 2.03. The molecule has 0 aromatic heterocycles. The number of ether oxygens (including phenoxy) is 1. The van der Waals surface area contributed by atoms with Crippen molar-refractivity contribution in [1.29, 1.82) is 0 Å². The van der Waals surface area contributed by atoms with E-state index in [2.05, 4.69) is 5.16 Å². The number of hydrogen-bond donors (Lipinski definition) is 0. The molecule has 1 aromatic carbocycles. The van der Waals surface area contributed by atoms with Gasteiger partial charge in [-0.1, -0.05) is 42.4 Å². The first-order valence-corrected chi connectivity index (χ1v) is 6.46. The second kappa shape index (κ2) is 4.96. The molecule has 0 unspecified atom stereocenters. The van der Waals surface area contributed by atoms with Crippen LogP contribution in [-0.4, -0.2) is 41.9 Å². The number of benzene rings is 1. The van der Waals surface area contributed by atoms with E-state index >= 15 is 0 Å². The van der Waals surface area contributed by atoms with Crippen LogP contribution in [0.1, 0.15) is 12.5 Å². The van der Waals surface area contributed by atoms with Gasteiger partial charge in [-0.15, -0.1) is 0 Å². The zero-order valence-electron chi connectivity index (χ0n) is 11.0. The Bertz CT molecular complexity index is 570. The number of nitrogens with zero attached hydrogens (tertiary/aromatic N) is 2. The molecule has 0 spiro atoms. The van der Waals surface area contributed by atoms with Crippen LogP contribution in [0.2, 0.25) is 0 Å². The number of carbonyl (C=O) groups is 2. The van der Waals surface area contributed by atoms with E-state index in [9.17, 15) is 9.59 Å². The van der Waals surface area contributed by atoms with Gasteiger partial charge >= 0.3 is 6.09 Å². The van der Waals surface area contributed by atoms with Crippen molar-refractivity contribution < 1.29 is 19.2 Å². The highest BCUT2D eigenvalue weighted by Gasteiger charge is 2.42. The van der Waals surface area contributed by atoms with Gasteiger partial charge < -0.3 is 9.57 Å². The van der Waals surface area contributed by atoms with Gasteiger partial charge in [-0.2, -0.15) is 0 Å². The van der Waals surface area contributed by atoms with Gasteiger partial charge in [0.1, 0.15) is 6.61 Å². The number of carbonyl (C=O) groups excluding carboxylic acids is 2. The van der Waals surface area contributed by atoms with Crippen molar-refractivity contribution in [2.45, 2.75) is 13.0 Å². The van der Waals surface area contributed by atoms with Crippen LogP contribution >= 0.6 is 0 Å². The molecule has 0 saturated carbocycles. The average molecular weight is 274 g/mol. The van der Waals surface area contributed by atoms with Crippen molar-refractivity contribution in [3.63, 3.8) is 0 Å². The topological polar surface area (TPSA) is 68.2 Å². The normalized spacial score (nSPS) is 25.1. The fourth-order valence-corrected chi connectivity index (χ4v) is 2.36. The first-order valence-electron chi connectivity index (χ1n) is 6.46. The van der Waals surface area contributed by atoms with Gasteiger partial charge in [-0.3, -0.25) is 4.79 Å². The van der Waals surface area contributed by atoms with Gasteiger partial charge in [0.25, 0.3) is 5.91 Å². The number of rotatable bonds is 2. The molecule has 1 saturated heterocycles. The van der Waals surface area contributed by atoms with Crippen LogP contribution < -0.4 is 0 Å². The Morgan fingerprint density at radius 2 is 2.10 bits per heavy atom. The maximum atomic E-state index is 12.3. The zero-order chi connectivity index (χ0) is 14.1. The third-order valence-corrected chi connectivity index (χ3v) is 3.49. The molecule has 2 aliphatic rings. The SMILES string of the molecule is C[C@@H]1C(c2ccccc2)=NO[C@H]1C(=O)N1CCOC1=O. The van der Waals surface area contributed by atoms with Gasteiger partial charge in [0.05, 0.1) is 18.2 Å². The highest BCUT2D eigenvalue weighted by atomic mass is 16.6. The summed E-state index contributed by atoms with van der Waals surface area (Å²) < 4.78 is 4.77. The molecule has 2 atom stereocenters. The fourth-order valence-electron chi connectivity index (χ4n) is 2.36. The van der Waals surface area contributed by atoms with Crippen LogP contribution in [0.25, 0.3) is 0 Å². The quantitative estimate of drug-likeness (QED) is 0.817. The number of oxime groups is 1. The molecule has 0 radical (unpaired) electrons. The van der Waals surface area contributed by atoms with Crippen LogP contribution in [0.4, 0.5) is 4.79 Å². The maximum Gasteiger partial charge on any atom is 0.416 e. The lowest BCUT2D eigenvalue weighted by Gasteiger charge is -2.18. The predicted octanol–water partition coefficient (Wildman–Crippen LogP) is 1.40. The van der Waals surface area contributed by atoms with Gasteiger partial charge in [0.2, 0.25) is 6.10 Å². The minimum atomic E-state index is -0.768. The van der Waals surface area contributed by atoms with Gasteiger partial charge in [0, 0.05) is 0 Å². The third-order valence-electron chi connectivity index (χ3n) is 3.49. The number of imide groups is 1. The summed E-state index contributed by atoms with van der Waals surface area (Å²) in [6.07, 6.45) is -1.38. The molecule has 1 fully saturated rings. The number of amides is 2. The summed E-state index contributed by atoms with van der Waals surface area (Å²) in [5.74, 6) is -0.604. The summed E-state index contributed by atoms with van der Waals surface area (Å²) in [4.78, 5) is 30.0. The van der Waals surface area contributed by atoms with E-state index in [0.717, 1.165) is 16.2 Å². The van der Waals surface area contributed by atoms with E-state index < -0.39 is 18.1 Å². The molecular weight excluding hydrogens is 260 g/mol. The number of cyclic esters (lactones) is 1. The molecule has 0 aliphatic carbocycles. The van der Waals surface area contributed by atoms with Crippen molar-refractivity contribution in [3.8, 4) is 0 Å². The Labute approximate surface area is 115 Å². The van der Waals surface area contributed by atoms with Gasteiger partial charge in [-0.25, -0.2) is 9.69 Å². The highest BCUT2D eigenvalue weighted by molar-refractivity contribution is 6.07. The molecule has 2 heterocycles. The second-order valence-corrected chi connectivity index (χ2v) is 4.76. The van der Waals surface area contributed by atoms with Crippen LogP contribution in [0.15, 0.2) is 35.5 Å². The Morgan fingerprint density at radius 3 is 2.75 bits per heavy atom. The summed E-state index contributed by atoms with van der Waals surface area (Å²) in [5.41, 5.74) is 1.64. The molecule has 0 N–H and O–H groups in total. The lowest BCUT2D eigenvalue weighted by molar-refractivity contribution is -0.140. The van der Waals surface area contributed by atoms with E-state index in [0.29, 0.717) is 0 Å². The van der Waals surface area contributed by atoms with Crippen LogP contribution in [0, 0.1) is 5.92 Å². The largest absolute Gasteiger partial charge is 0.447 e. The molecule has 1 aromatic rings. The minimum absolute atomic E-state index is 0.210. The van der Waals surface area contributed by atoms with E-state index in [1.54, 1.807) is 0 Å². The Kier molecular flexibility index (Phi) is 3.14. The van der Waals surface area contributed by atoms with Crippen LogP contribution in [0.3, 0.4) is 0 Å². The molecular formula is C14H14N2O4. The number of hydrogen-bond acceptors (Lipinski definition) is 5. The Hall–Kier alpha value is -2.37. The van der Waals surface area contributed by atoms with Crippen molar-refractivity contribution in [1.82, 2.24) is 4.90 Å². The van der Waals surface area contributed by atoms with Gasteiger partial charge in [-0.05, 0) is 5.56 Å². The fraction of sp³-hybridized carbons (Fsp3) is 0.357. The smallest absolute Gasteiger partial charge is 0.416 e. The molecule has 6 heteroatoms. The molecule has 6 nitrogen and oxygen atoms in total. The molecule has 2 aliphatic heterocycles. The van der Waals surface area contributed by atoms with E-state index in [4.69, 9.17) is 9.57 Å². The maximum absolute atomic E-state index is 12.3. The summed E-state index contributed by atoms with van der Waals surface area (Å²) >= 11 is 0. The highest BCUT2D eigenvalue weighted by Crippen LogP contribution is 2.25. The first kappa shape index (κ1) is 12.7. The first-order chi connectivity index (χ1) is 9.68. The van der Waals surface area contributed by atoms with Crippen molar-refractivity contribution in [2.75, 3.05) is 13.2 Å². The summed E-state index contributed by atoms with van der Waals surface area (Å²) in [6, 6.07) is 9.54. The molecule has 2 amide bonds. The van der Waals surface area contributed by atoms with Crippen molar-refractivity contribution >= 4 is 17.7 Å². The molecule has 104 valence electrons. The zero-order valence-corrected chi connectivity index (χ0v) is 11.0. The van der Waals surface area contributed by atoms with Gasteiger partial charge in [0.15, 0.2) is 0 Å². The van der Waals surface area contributed by atoms with Crippen LogP contribution in [0.5, 0.6) is 0 Å². The average Bonchev–Trinajstić information content (AvgIpc) is 3.05. The molecule has 0 bridgehead atoms. The van der Waals surface area contributed by atoms with Crippen LogP contribution in [-0.2, 0) is 14.4 Å². The van der Waals surface area contributed by atoms with E-state index in [1.807, 2.05) is 37.3 Å². The van der Waals surface area contributed by atoms with Crippen molar-refractivity contribution in [3.05, 3.63) is 35.9 Å². The van der Waals surface area contributed by atoms with Crippen molar-refractivity contribution in [2.24, 2.45) is 11.1 Å². The molecule has 20 heavy (non-hydrogen) atoms. The summed E-state index contributed by atoms with van der Waals surface area (Å²) in [6.45, 7) is 2.37. The monoisotopic (exact) mass is 274 g/mol. The lowest BCUT2D eigenvalue weighted by atomic mass is 9.93. The standard InChI is InChI=1S/C14H14N2O4/c1-9-11(10-5-3-2-4-6-10)15-20-12(9)13(17)16-7-8-19-14(16)18/h2-6,9,12H,7-8H2,1H3/t9-,12-/m1/s1. The van der Waals surface area contributed by atoms with E-state index in [1.165, 1.54) is 0 Å². The minimum Gasteiger partial charge on any atom is -0.447 e. The van der Waals surface area contributed by atoms with E-state index in [-0.39, 0.29) is 19.1 Å². The Balaban J connectivity index is 1.76. The Morgan fingerprint density at radius 1 is 1.35 bits per heavy atom. The lowest BCUT2D eigenvalue weighted by Crippen LogP contribution is -2.43.